The van der Waals surface area contributed by atoms with E-state index < -0.39 is 0 Å². The number of nitrogens with one attached hydrogen (secondary N) is 1. The molecular weight excluding hydrogens is 432 g/mol. The van der Waals surface area contributed by atoms with Crippen LogP contribution in [-0.4, -0.2) is 56.4 Å². The zero-order valence-electron chi connectivity index (χ0n) is 19.5. The van der Waals surface area contributed by atoms with Crippen LogP contribution in [-0.2, 0) is 0 Å². The fraction of sp³-hybridized carbons (Fsp3) is 0.600. The molecule has 0 bridgehead atoms. The second kappa shape index (κ2) is 9.37. The molecule has 1 aromatic carbocycles. The summed E-state index contributed by atoms with van der Waals surface area (Å²) in [5, 5.41) is 14.0. The monoisotopic (exact) mass is 464 g/mol. The van der Waals surface area contributed by atoms with E-state index in [1.54, 1.807) is 0 Å². The second-order valence-electron chi connectivity index (χ2n) is 9.76. The third-order valence-corrected chi connectivity index (χ3v) is 7.52. The third-order valence-electron chi connectivity index (χ3n) is 7.52. The number of benzene rings is 1. The summed E-state index contributed by atoms with van der Waals surface area (Å²) >= 11 is 0. The van der Waals surface area contributed by atoms with E-state index in [1.165, 1.54) is 32.1 Å². The van der Waals surface area contributed by atoms with Gasteiger partial charge in [0, 0.05) is 17.0 Å². The number of H-pyrrole nitrogens is 1. The van der Waals surface area contributed by atoms with Gasteiger partial charge in [0.2, 0.25) is 0 Å². The molecule has 4 heterocycles. The van der Waals surface area contributed by atoms with Crippen molar-refractivity contribution in [1.29, 1.82) is 0 Å². The minimum atomic E-state index is -0.281. The van der Waals surface area contributed by atoms with Crippen molar-refractivity contribution in [3.63, 3.8) is 0 Å². The first-order valence-corrected chi connectivity index (χ1v) is 12.8. The molecule has 2 aliphatic heterocycles. The number of nitrogens with zero attached hydrogens (tertiary/aromatic N) is 5. The van der Waals surface area contributed by atoms with Crippen molar-refractivity contribution in [2.24, 2.45) is 0 Å². The van der Waals surface area contributed by atoms with Crippen LogP contribution in [0.1, 0.15) is 81.3 Å². The lowest BCUT2D eigenvalue weighted by molar-refractivity contribution is 0.172. The van der Waals surface area contributed by atoms with Gasteiger partial charge in [-0.25, -0.2) is 4.68 Å². The summed E-state index contributed by atoms with van der Waals surface area (Å²) in [5.41, 5.74) is 1.34. The summed E-state index contributed by atoms with van der Waals surface area (Å²) in [5.74, 6) is 2.18. The highest BCUT2D eigenvalue weighted by atomic mass is 16.6. The maximum Gasteiger partial charge on any atom is 0.253 e. The van der Waals surface area contributed by atoms with Crippen LogP contribution >= 0.6 is 0 Å². The molecule has 34 heavy (non-hydrogen) atoms. The molecule has 1 N–H and O–H groups in total. The van der Waals surface area contributed by atoms with Gasteiger partial charge in [0.1, 0.15) is 19.3 Å². The van der Waals surface area contributed by atoms with Gasteiger partial charge in [0.15, 0.2) is 17.3 Å². The van der Waals surface area contributed by atoms with Gasteiger partial charge in [-0.15, -0.1) is 5.10 Å². The number of pyridine rings is 1. The normalized spacial score (nSPS) is 20.8. The summed E-state index contributed by atoms with van der Waals surface area (Å²) in [6.45, 7) is 2.91. The molecule has 1 atom stereocenters. The topological polar surface area (TPSA) is 98.2 Å². The molecule has 1 saturated heterocycles. The summed E-state index contributed by atoms with van der Waals surface area (Å²) < 4.78 is 13.5. The molecule has 0 unspecified atom stereocenters. The molecule has 3 aromatic rings. The molecule has 0 spiro atoms. The summed E-state index contributed by atoms with van der Waals surface area (Å²) in [7, 11) is 0. The van der Waals surface area contributed by atoms with Gasteiger partial charge in [-0.2, -0.15) is 0 Å². The molecule has 180 valence electrons. The Balaban J connectivity index is 1.47. The molecule has 9 nitrogen and oxygen atoms in total. The van der Waals surface area contributed by atoms with E-state index in [9.17, 15) is 4.79 Å². The van der Waals surface area contributed by atoms with Gasteiger partial charge in [-0.1, -0.05) is 32.1 Å². The van der Waals surface area contributed by atoms with Crippen LogP contribution in [0.4, 0.5) is 0 Å². The number of fused-ring (bicyclic) bond motifs is 2. The Labute approximate surface area is 198 Å². The van der Waals surface area contributed by atoms with Crippen LogP contribution < -0.4 is 15.0 Å². The molecule has 1 aliphatic carbocycles. The lowest BCUT2D eigenvalue weighted by Gasteiger charge is -2.31. The van der Waals surface area contributed by atoms with Gasteiger partial charge < -0.3 is 14.5 Å². The van der Waals surface area contributed by atoms with Crippen LogP contribution in [0, 0.1) is 0 Å². The van der Waals surface area contributed by atoms with Gasteiger partial charge >= 0.3 is 0 Å². The van der Waals surface area contributed by atoms with E-state index in [1.807, 2.05) is 22.9 Å². The molecule has 0 radical (unpaired) electrons. The van der Waals surface area contributed by atoms with E-state index in [0.717, 1.165) is 61.2 Å². The van der Waals surface area contributed by atoms with Crippen LogP contribution in [0.2, 0.25) is 0 Å². The Hall–Kier alpha value is -2.94. The predicted octanol–water partition coefficient (Wildman–Crippen LogP) is 3.76. The summed E-state index contributed by atoms with van der Waals surface area (Å²) in [6, 6.07) is 5.85. The Bertz CT molecular complexity index is 1210. The zero-order chi connectivity index (χ0) is 22.9. The third kappa shape index (κ3) is 4.06. The highest BCUT2D eigenvalue weighted by molar-refractivity contribution is 5.83. The predicted molar refractivity (Wildman–Crippen MR) is 127 cm³/mol. The highest BCUT2D eigenvalue weighted by Gasteiger charge is 2.33. The Morgan fingerprint density at radius 3 is 2.38 bits per heavy atom. The maximum atomic E-state index is 13.5. The molecular formula is C25H32N6O3. The van der Waals surface area contributed by atoms with Gasteiger partial charge in [0.25, 0.3) is 5.56 Å². The number of hydrogen-bond donors (Lipinski definition) is 1. The van der Waals surface area contributed by atoms with Crippen molar-refractivity contribution < 1.29 is 9.47 Å². The lowest BCUT2D eigenvalue weighted by atomic mass is 9.95. The van der Waals surface area contributed by atoms with Gasteiger partial charge in [-0.05, 0) is 61.3 Å². The number of ether oxygens (including phenoxy) is 2. The molecule has 6 rings (SSSR count). The van der Waals surface area contributed by atoms with Crippen molar-refractivity contribution in [3.05, 3.63) is 39.9 Å². The Morgan fingerprint density at radius 2 is 1.62 bits per heavy atom. The van der Waals surface area contributed by atoms with Crippen molar-refractivity contribution in [2.75, 3.05) is 26.3 Å². The number of hydrogen-bond acceptors (Lipinski definition) is 7. The number of tetrazole rings is 1. The van der Waals surface area contributed by atoms with Gasteiger partial charge in [0.05, 0.1) is 11.6 Å². The fourth-order valence-electron chi connectivity index (χ4n) is 5.78. The fourth-order valence-corrected chi connectivity index (χ4v) is 5.78. The first kappa shape index (κ1) is 21.6. The van der Waals surface area contributed by atoms with Crippen molar-refractivity contribution in [3.8, 4) is 11.5 Å². The number of rotatable bonds is 4. The maximum absolute atomic E-state index is 13.5. The molecule has 2 aromatic heterocycles. The molecule has 3 aliphatic rings. The van der Waals surface area contributed by atoms with Crippen LogP contribution in [0.15, 0.2) is 23.0 Å². The Morgan fingerprint density at radius 1 is 0.912 bits per heavy atom. The van der Waals surface area contributed by atoms with E-state index in [2.05, 4.69) is 25.4 Å². The van der Waals surface area contributed by atoms with Gasteiger partial charge in [-0.3, -0.25) is 9.69 Å². The first-order chi connectivity index (χ1) is 16.8. The van der Waals surface area contributed by atoms with E-state index in [0.29, 0.717) is 30.6 Å². The summed E-state index contributed by atoms with van der Waals surface area (Å²) in [4.78, 5) is 19.0. The largest absolute Gasteiger partial charge is 0.486 e. The van der Waals surface area contributed by atoms with E-state index >= 15 is 0 Å². The average molecular weight is 465 g/mol. The van der Waals surface area contributed by atoms with Crippen LogP contribution in [0.5, 0.6) is 11.5 Å². The first-order valence-electron chi connectivity index (χ1n) is 12.8. The minimum Gasteiger partial charge on any atom is -0.486 e. The Kier molecular flexibility index (Phi) is 5.95. The standard InChI is InChI=1S/C25H32N6O3/c32-25-19(14-17-15-21-22(16-20(17)26-25)34-13-12-33-21)23(30-10-6-1-2-7-11-30)24-27-28-29-31(24)18-8-4-3-5-9-18/h14-16,18,23H,1-13H2,(H,26,32)/t23-/m0/s1. The molecule has 9 heteroatoms. The zero-order valence-corrected chi connectivity index (χ0v) is 19.5. The van der Waals surface area contributed by atoms with E-state index in [4.69, 9.17) is 9.47 Å². The minimum absolute atomic E-state index is 0.100. The number of aromatic amines is 1. The van der Waals surface area contributed by atoms with Crippen LogP contribution in [0.3, 0.4) is 0 Å². The van der Waals surface area contributed by atoms with Crippen molar-refractivity contribution in [2.45, 2.75) is 69.9 Å². The van der Waals surface area contributed by atoms with Crippen LogP contribution in [0.25, 0.3) is 10.9 Å². The smallest absolute Gasteiger partial charge is 0.253 e. The molecule has 2 fully saturated rings. The van der Waals surface area contributed by atoms with Crippen molar-refractivity contribution in [1.82, 2.24) is 30.1 Å². The van der Waals surface area contributed by atoms with Crippen molar-refractivity contribution >= 4 is 10.9 Å². The average Bonchev–Trinajstić information content (AvgIpc) is 3.19. The van der Waals surface area contributed by atoms with E-state index in [-0.39, 0.29) is 11.6 Å². The highest BCUT2D eigenvalue weighted by Crippen LogP contribution is 2.36. The number of likely N-dealkylation sites (tertiary alicyclic amines) is 1. The number of aromatic nitrogens is 5. The second-order valence-corrected chi connectivity index (χ2v) is 9.76. The lowest BCUT2D eigenvalue weighted by Crippen LogP contribution is -2.36. The summed E-state index contributed by atoms with van der Waals surface area (Å²) in [6.07, 6.45) is 10.5. The molecule has 1 saturated carbocycles. The molecule has 0 amide bonds. The SMILES string of the molecule is O=c1[nH]c2cc3c(cc2cc1[C@@H](c1nnnn1C1CCCCC1)N1CCCCCC1)OCCO3. The quantitative estimate of drug-likeness (QED) is 0.628.